The van der Waals surface area contributed by atoms with Crippen LogP contribution in [0.15, 0.2) is 22.7 Å². The summed E-state index contributed by atoms with van der Waals surface area (Å²) in [6.07, 6.45) is 3.66. The molecule has 0 N–H and O–H groups in total. The zero-order valence-corrected chi connectivity index (χ0v) is 14.7. The smallest absolute Gasteiger partial charge is 0.0513 e. The first kappa shape index (κ1) is 16.0. The highest BCUT2D eigenvalue weighted by Gasteiger charge is 2.15. The van der Waals surface area contributed by atoms with Gasteiger partial charge >= 0.3 is 0 Å². The van der Waals surface area contributed by atoms with Crippen LogP contribution in [0.4, 0.5) is 5.69 Å². The Bertz CT molecular complexity index is 366. The lowest BCUT2D eigenvalue weighted by molar-refractivity contribution is 0.595. The molecular formula is C15H23Br2N. The largest absolute Gasteiger partial charge is 0.368 e. The Morgan fingerprint density at radius 2 is 2.00 bits per heavy atom. The topological polar surface area (TPSA) is 3.24 Å². The quantitative estimate of drug-likeness (QED) is 0.547. The second-order valence-electron chi connectivity index (χ2n) is 4.72. The molecule has 0 radical (unpaired) electrons. The Hall–Kier alpha value is -0.0200. The normalized spacial score (nSPS) is 12.5. The summed E-state index contributed by atoms with van der Waals surface area (Å²) < 4.78 is 1.20. The number of anilines is 1. The number of hydrogen-bond donors (Lipinski definition) is 0. The van der Waals surface area contributed by atoms with E-state index in [2.05, 4.69) is 75.7 Å². The molecule has 3 heteroatoms. The third-order valence-corrected chi connectivity index (χ3v) is 4.63. The molecule has 1 rings (SSSR count). The number of benzene rings is 1. The molecule has 18 heavy (non-hydrogen) atoms. The Labute approximate surface area is 128 Å². The zero-order valence-electron chi connectivity index (χ0n) is 11.5. The summed E-state index contributed by atoms with van der Waals surface area (Å²) in [6.45, 7) is 7.94. The van der Waals surface area contributed by atoms with Crippen LogP contribution in [0.3, 0.4) is 0 Å². The lowest BCUT2D eigenvalue weighted by Crippen LogP contribution is -2.33. The van der Waals surface area contributed by atoms with Crippen molar-refractivity contribution in [2.45, 2.75) is 51.4 Å². The van der Waals surface area contributed by atoms with Crippen LogP contribution in [-0.2, 0) is 5.33 Å². The Morgan fingerprint density at radius 3 is 2.50 bits per heavy atom. The minimum atomic E-state index is 0.586. The molecule has 0 fully saturated rings. The Kier molecular flexibility index (Phi) is 7.31. The van der Waals surface area contributed by atoms with Crippen LogP contribution in [0.2, 0.25) is 0 Å². The first-order valence-corrected chi connectivity index (χ1v) is 8.66. The summed E-state index contributed by atoms with van der Waals surface area (Å²) in [6, 6.07) is 7.24. The lowest BCUT2D eigenvalue weighted by atomic mass is 10.1. The minimum absolute atomic E-state index is 0.586. The third kappa shape index (κ3) is 4.27. The van der Waals surface area contributed by atoms with Gasteiger partial charge in [0.05, 0.1) is 5.69 Å². The second-order valence-corrected chi connectivity index (χ2v) is 6.14. The van der Waals surface area contributed by atoms with E-state index >= 15 is 0 Å². The summed E-state index contributed by atoms with van der Waals surface area (Å²) >= 11 is 7.22. The van der Waals surface area contributed by atoms with Crippen LogP contribution in [0.5, 0.6) is 0 Å². The van der Waals surface area contributed by atoms with Gasteiger partial charge < -0.3 is 4.90 Å². The van der Waals surface area contributed by atoms with E-state index in [0.717, 1.165) is 11.9 Å². The van der Waals surface area contributed by atoms with E-state index in [1.165, 1.54) is 35.0 Å². The molecule has 1 aromatic rings. The molecule has 1 atom stereocenters. The van der Waals surface area contributed by atoms with Crippen LogP contribution in [0.1, 0.15) is 45.6 Å². The second kappa shape index (κ2) is 8.21. The number of alkyl halides is 1. The van der Waals surface area contributed by atoms with Crippen molar-refractivity contribution in [3.8, 4) is 0 Å². The van der Waals surface area contributed by atoms with Gasteiger partial charge in [-0.3, -0.25) is 0 Å². The number of rotatable bonds is 7. The van der Waals surface area contributed by atoms with E-state index < -0.39 is 0 Å². The lowest BCUT2D eigenvalue weighted by Gasteiger charge is -2.32. The molecule has 1 nitrogen and oxygen atoms in total. The standard InChI is InChI=1S/C15H23Br2N/c1-4-6-9-18(12(3)5-2)15-8-7-13(11-16)10-14(15)17/h7-8,10,12H,4-6,9,11H2,1-3H3. The van der Waals surface area contributed by atoms with Crippen molar-refractivity contribution in [2.75, 3.05) is 11.4 Å². The molecule has 0 heterocycles. The molecule has 0 aliphatic carbocycles. The fourth-order valence-corrected chi connectivity index (χ4v) is 3.00. The molecule has 102 valence electrons. The van der Waals surface area contributed by atoms with Crippen molar-refractivity contribution >= 4 is 37.5 Å². The Morgan fingerprint density at radius 1 is 1.28 bits per heavy atom. The van der Waals surface area contributed by atoms with Gasteiger partial charge in [0.1, 0.15) is 0 Å². The Balaban J connectivity index is 2.96. The highest BCUT2D eigenvalue weighted by Crippen LogP contribution is 2.30. The highest BCUT2D eigenvalue weighted by atomic mass is 79.9. The number of hydrogen-bond acceptors (Lipinski definition) is 1. The molecule has 0 aliphatic heterocycles. The SMILES string of the molecule is CCCCN(c1ccc(CBr)cc1Br)C(C)CC. The van der Waals surface area contributed by atoms with E-state index in [-0.39, 0.29) is 0 Å². The van der Waals surface area contributed by atoms with Gasteiger partial charge in [0, 0.05) is 22.4 Å². The fourth-order valence-electron chi connectivity index (χ4n) is 1.99. The van der Waals surface area contributed by atoms with E-state index in [9.17, 15) is 0 Å². The van der Waals surface area contributed by atoms with Crippen molar-refractivity contribution in [1.29, 1.82) is 0 Å². The van der Waals surface area contributed by atoms with Gasteiger partial charge in [0.15, 0.2) is 0 Å². The average molecular weight is 377 g/mol. The van der Waals surface area contributed by atoms with Gasteiger partial charge in [-0.25, -0.2) is 0 Å². The average Bonchev–Trinajstić information content (AvgIpc) is 2.39. The van der Waals surface area contributed by atoms with Gasteiger partial charge in [0.25, 0.3) is 0 Å². The summed E-state index contributed by atoms with van der Waals surface area (Å²) in [5.41, 5.74) is 2.63. The monoisotopic (exact) mass is 375 g/mol. The van der Waals surface area contributed by atoms with E-state index in [1.807, 2.05) is 0 Å². The number of halogens is 2. The summed E-state index contributed by atoms with van der Waals surface area (Å²) in [7, 11) is 0. The van der Waals surface area contributed by atoms with E-state index in [4.69, 9.17) is 0 Å². The maximum Gasteiger partial charge on any atom is 0.0513 e. The van der Waals surface area contributed by atoms with Crippen molar-refractivity contribution in [3.05, 3.63) is 28.2 Å². The summed E-state index contributed by atoms with van der Waals surface area (Å²) in [4.78, 5) is 2.52. The van der Waals surface area contributed by atoms with Crippen LogP contribution in [-0.4, -0.2) is 12.6 Å². The van der Waals surface area contributed by atoms with Crippen molar-refractivity contribution in [2.24, 2.45) is 0 Å². The highest BCUT2D eigenvalue weighted by molar-refractivity contribution is 9.10. The van der Waals surface area contributed by atoms with Crippen LogP contribution in [0.25, 0.3) is 0 Å². The first-order valence-electron chi connectivity index (χ1n) is 6.75. The molecule has 0 aromatic heterocycles. The van der Waals surface area contributed by atoms with Crippen LogP contribution < -0.4 is 4.90 Å². The summed E-state index contributed by atoms with van der Waals surface area (Å²) in [5, 5.41) is 0.907. The summed E-state index contributed by atoms with van der Waals surface area (Å²) in [5.74, 6) is 0. The maximum atomic E-state index is 3.72. The zero-order chi connectivity index (χ0) is 13.5. The molecule has 0 saturated carbocycles. The molecule has 1 aromatic carbocycles. The van der Waals surface area contributed by atoms with Gasteiger partial charge in [0.2, 0.25) is 0 Å². The van der Waals surface area contributed by atoms with Crippen LogP contribution >= 0.6 is 31.9 Å². The molecular weight excluding hydrogens is 354 g/mol. The first-order chi connectivity index (χ1) is 8.63. The van der Waals surface area contributed by atoms with Gasteiger partial charge in [-0.1, -0.05) is 42.3 Å². The number of unbranched alkanes of at least 4 members (excludes halogenated alkanes) is 1. The molecule has 0 spiro atoms. The van der Waals surface area contributed by atoms with Gasteiger partial charge in [-0.05, 0) is 53.4 Å². The molecule has 0 aliphatic rings. The predicted molar refractivity (Wildman–Crippen MR) is 88.8 cm³/mol. The van der Waals surface area contributed by atoms with E-state index in [1.54, 1.807) is 0 Å². The van der Waals surface area contributed by atoms with Crippen molar-refractivity contribution in [1.82, 2.24) is 0 Å². The third-order valence-electron chi connectivity index (χ3n) is 3.35. The molecule has 1 unspecified atom stereocenters. The van der Waals surface area contributed by atoms with Crippen molar-refractivity contribution in [3.63, 3.8) is 0 Å². The molecule has 0 saturated heterocycles. The van der Waals surface area contributed by atoms with Gasteiger partial charge in [-0.2, -0.15) is 0 Å². The van der Waals surface area contributed by atoms with E-state index in [0.29, 0.717) is 6.04 Å². The predicted octanol–water partition coefficient (Wildman–Crippen LogP) is 5.75. The minimum Gasteiger partial charge on any atom is -0.368 e. The van der Waals surface area contributed by atoms with Crippen LogP contribution in [0, 0.1) is 0 Å². The number of nitrogens with zero attached hydrogens (tertiary/aromatic N) is 1. The molecule has 0 bridgehead atoms. The van der Waals surface area contributed by atoms with Gasteiger partial charge in [-0.15, -0.1) is 0 Å². The fraction of sp³-hybridized carbons (Fsp3) is 0.600. The molecule has 0 amide bonds. The van der Waals surface area contributed by atoms with Crippen molar-refractivity contribution < 1.29 is 0 Å². The maximum absolute atomic E-state index is 3.72.